The van der Waals surface area contributed by atoms with E-state index >= 15 is 0 Å². The average molecular weight is 264 g/mol. The van der Waals surface area contributed by atoms with E-state index < -0.39 is 0 Å². The summed E-state index contributed by atoms with van der Waals surface area (Å²) in [5.74, 6) is 0.285. The number of thiazole rings is 1. The van der Waals surface area contributed by atoms with Crippen molar-refractivity contribution in [3.05, 3.63) is 52.2 Å². The van der Waals surface area contributed by atoms with Gasteiger partial charge in [-0.2, -0.15) is 0 Å². The van der Waals surface area contributed by atoms with E-state index in [4.69, 9.17) is 0 Å². The summed E-state index contributed by atoms with van der Waals surface area (Å²) >= 11 is 1.68. The SMILES string of the molecule is CNCC(Cc1cccc(F)c1)Cc1nccs1. The predicted molar refractivity (Wildman–Crippen MR) is 73.3 cm³/mol. The molecule has 1 atom stereocenters. The van der Waals surface area contributed by atoms with Crippen molar-refractivity contribution in [1.29, 1.82) is 0 Å². The van der Waals surface area contributed by atoms with Crippen LogP contribution in [0.4, 0.5) is 4.39 Å². The minimum atomic E-state index is -0.162. The van der Waals surface area contributed by atoms with E-state index in [9.17, 15) is 4.39 Å². The van der Waals surface area contributed by atoms with Gasteiger partial charge in [0.25, 0.3) is 0 Å². The molecular formula is C14H17FN2S. The maximum Gasteiger partial charge on any atom is 0.123 e. The van der Waals surface area contributed by atoms with Crippen molar-refractivity contribution in [1.82, 2.24) is 10.3 Å². The predicted octanol–water partition coefficient (Wildman–Crippen LogP) is 2.90. The Hall–Kier alpha value is -1.26. The Balaban J connectivity index is 2.01. The molecule has 96 valence electrons. The summed E-state index contributed by atoms with van der Waals surface area (Å²) in [6.07, 6.45) is 3.64. The molecule has 0 bridgehead atoms. The van der Waals surface area contributed by atoms with Crippen LogP contribution in [0.5, 0.6) is 0 Å². The van der Waals surface area contributed by atoms with E-state index in [0.29, 0.717) is 5.92 Å². The van der Waals surface area contributed by atoms with Crippen molar-refractivity contribution in [2.45, 2.75) is 12.8 Å². The van der Waals surface area contributed by atoms with E-state index in [2.05, 4.69) is 10.3 Å². The molecule has 0 radical (unpaired) electrons. The molecule has 2 nitrogen and oxygen atoms in total. The molecule has 0 fully saturated rings. The second-order valence-electron chi connectivity index (χ2n) is 4.39. The summed E-state index contributed by atoms with van der Waals surface area (Å²) in [5, 5.41) is 6.34. The number of benzene rings is 1. The van der Waals surface area contributed by atoms with Crippen LogP contribution in [0.2, 0.25) is 0 Å². The van der Waals surface area contributed by atoms with Gasteiger partial charge < -0.3 is 5.32 Å². The molecular weight excluding hydrogens is 247 g/mol. The van der Waals surface area contributed by atoms with Gasteiger partial charge in [0.1, 0.15) is 5.82 Å². The van der Waals surface area contributed by atoms with Gasteiger partial charge in [0.2, 0.25) is 0 Å². The Labute approximate surface area is 111 Å². The van der Waals surface area contributed by atoms with Gasteiger partial charge in [-0.3, -0.25) is 0 Å². The monoisotopic (exact) mass is 264 g/mol. The molecule has 0 aliphatic rings. The first-order chi connectivity index (χ1) is 8.78. The highest BCUT2D eigenvalue weighted by Gasteiger charge is 2.12. The molecule has 18 heavy (non-hydrogen) atoms. The van der Waals surface area contributed by atoms with Gasteiger partial charge in [0.05, 0.1) is 5.01 Å². The number of hydrogen-bond donors (Lipinski definition) is 1. The molecule has 0 amide bonds. The fraction of sp³-hybridized carbons (Fsp3) is 0.357. The van der Waals surface area contributed by atoms with Crippen LogP contribution in [0.25, 0.3) is 0 Å². The molecule has 1 unspecified atom stereocenters. The number of nitrogens with one attached hydrogen (secondary N) is 1. The summed E-state index contributed by atoms with van der Waals surface area (Å²) in [7, 11) is 1.94. The van der Waals surface area contributed by atoms with Gasteiger partial charge in [-0.05, 0) is 43.6 Å². The lowest BCUT2D eigenvalue weighted by Gasteiger charge is -2.15. The molecule has 0 aliphatic heterocycles. The number of rotatable bonds is 6. The Morgan fingerprint density at radius 2 is 2.28 bits per heavy atom. The van der Waals surface area contributed by atoms with Gasteiger partial charge in [-0.15, -0.1) is 11.3 Å². The van der Waals surface area contributed by atoms with E-state index in [1.807, 2.05) is 24.7 Å². The molecule has 0 saturated carbocycles. The summed E-state index contributed by atoms with van der Waals surface area (Å²) in [6, 6.07) is 6.85. The second-order valence-corrected chi connectivity index (χ2v) is 5.37. The van der Waals surface area contributed by atoms with E-state index in [-0.39, 0.29) is 5.82 Å². The van der Waals surface area contributed by atoms with Crippen molar-refractivity contribution in [3.63, 3.8) is 0 Å². The zero-order valence-corrected chi connectivity index (χ0v) is 11.2. The maximum absolute atomic E-state index is 13.2. The molecule has 0 aliphatic carbocycles. The molecule has 1 aromatic heterocycles. The van der Waals surface area contributed by atoms with Crippen molar-refractivity contribution >= 4 is 11.3 Å². The average Bonchev–Trinajstić information content (AvgIpc) is 2.82. The molecule has 4 heteroatoms. The lowest BCUT2D eigenvalue weighted by atomic mass is 9.96. The van der Waals surface area contributed by atoms with Crippen molar-refractivity contribution in [3.8, 4) is 0 Å². The van der Waals surface area contributed by atoms with Gasteiger partial charge >= 0.3 is 0 Å². The van der Waals surface area contributed by atoms with Crippen LogP contribution in [0.3, 0.4) is 0 Å². The zero-order valence-electron chi connectivity index (χ0n) is 10.4. The molecule has 1 aromatic carbocycles. The van der Waals surface area contributed by atoms with E-state index in [1.165, 1.54) is 6.07 Å². The van der Waals surface area contributed by atoms with Crippen molar-refractivity contribution in [2.75, 3.05) is 13.6 Å². The minimum Gasteiger partial charge on any atom is -0.319 e. The summed E-state index contributed by atoms with van der Waals surface area (Å²) in [6.45, 7) is 0.913. The second kappa shape index (κ2) is 6.61. The first kappa shape index (κ1) is 13.2. The zero-order chi connectivity index (χ0) is 12.8. The number of halogens is 1. The van der Waals surface area contributed by atoms with Crippen LogP contribution in [0.1, 0.15) is 10.6 Å². The van der Waals surface area contributed by atoms with Crippen LogP contribution >= 0.6 is 11.3 Å². The topological polar surface area (TPSA) is 24.9 Å². The molecule has 2 aromatic rings. The van der Waals surface area contributed by atoms with Crippen molar-refractivity contribution in [2.24, 2.45) is 5.92 Å². The summed E-state index contributed by atoms with van der Waals surface area (Å²) < 4.78 is 13.2. The Kier molecular flexibility index (Phi) is 4.84. The normalized spacial score (nSPS) is 12.6. The standard InChI is InChI=1S/C14H17FN2S/c1-16-10-12(9-14-17-5-6-18-14)7-11-3-2-4-13(15)8-11/h2-6,8,12,16H,7,9-10H2,1H3. The van der Waals surface area contributed by atoms with Gasteiger partial charge in [-0.1, -0.05) is 12.1 Å². The third-order valence-corrected chi connectivity index (χ3v) is 3.65. The highest BCUT2D eigenvalue weighted by molar-refractivity contribution is 7.09. The van der Waals surface area contributed by atoms with Crippen LogP contribution in [-0.4, -0.2) is 18.6 Å². The van der Waals surface area contributed by atoms with Crippen LogP contribution < -0.4 is 5.32 Å². The van der Waals surface area contributed by atoms with Gasteiger partial charge in [0.15, 0.2) is 0 Å². The highest BCUT2D eigenvalue weighted by Crippen LogP contribution is 2.16. The van der Waals surface area contributed by atoms with E-state index in [0.717, 1.165) is 30.0 Å². The Morgan fingerprint density at radius 3 is 2.94 bits per heavy atom. The Bertz CT molecular complexity index is 470. The summed E-state index contributed by atoms with van der Waals surface area (Å²) in [4.78, 5) is 4.31. The third-order valence-electron chi connectivity index (χ3n) is 2.85. The number of aromatic nitrogens is 1. The first-order valence-corrected chi connectivity index (χ1v) is 6.93. The van der Waals surface area contributed by atoms with Crippen LogP contribution in [0.15, 0.2) is 35.8 Å². The fourth-order valence-electron chi connectivity index (χ4n) is 2.10. The number of nitrogens with zero attached hydrogens (tertiary/aromatic N) is 1. The lowest BCUT2D eigenvalue weighted by Crippen LogP contribution is -2.22. The van der Waals surface area contributed by atoms with Crippen molar-refractivity contribution < 1.29 is 4.39 Å². The molecule has 1 heterocycles. The molecule has 1 N–H and O–H groups in total. The molecule has 2 rings (SSSR count). The maximum atomic E-state index is 13.2. The van der Waals surface area contributed by atoms with Crippen LogP contribution in [-0.2, 0) is 12.8 Å². The lowest BCUT2D eigenvalue weighted by molar-refractivity contribution is 0.491. The van der Waals surface area contributed by atoms with Gasteiger partial charge in [-0.25, -0.2) is 9.37 Å². The highest BCUT2D eigenvalue weighted by atomic mass is 32.1. The van der Waals surface area contributed by atoms with E-state index in [1.54, 1.807) is 23.5 Å². The fourth-order valence-corrected chi connectivity index (χ4v) is 2.84. The summed E-state index contributed by atoms with van der Waals surface area (Å²) in [5.41, 5.74) is 1.05. The third kappa shape index (κ3) is 3.89. The number of hydrogen-bond acceptors (Lipinski definition) is 3. The smallest absolute Gasteiger partial charge is 0.123 e. The first-order valence-electron chi connectivity index (χ1n) is 6.05. The Morgan fingerprint density at radius 1 is 1.39 bits per heavy atom. The van der Waals surface area contributed by atoms with Crippen LogP contribution in [0, 0.1) is 11.7 Å². The molecule has 0 spiro atoms. The van der Waals surface area contributed by atoms with Gasteiger partial charge in [0, 0.05) is 18.0 Å². The molecule has 0 saturated heterocycles. The minimum absolute atomic E-state index is 0.162. The largest absolute Gasteiger partial charge is 0.319 e. The quantitative estimate of drug-likeness (QED) is 0.867.